The van der Waals surface area contributed by atoms with E-state index in [2.05, 4.69) is 45.1 Å². The highest BCUT2D eigenvalue weighted by molar-refractivity contribution is 5.27. The molecule has 0 aromatic carbocycles. The third-order valence-electron chi connectivity index (χ3n) is 8.23. The molecule has 4 rings (SSSR count). The molecule has 0 N–H and O–H groups in total. The second kappa shape index (κ2) is 4.02. The van der Waals surface area contributed by atoms with E-state index in [9.17, 15) is 0 Å². The van der Waals surface area contributed by atoms with Crippen molar-refractivity contribution in [3.05, 3.63) is 24.3 Å². The Morgan fingerprint density at radius 3 is 2.45 bits per heavy atom. The molecule has 3 fully saturated rings. The van der Waals surface area contributed by atoms with Gasteiger partial charge < -0.3 is 0 Å². The topological polar surface area (TPSA) is 0 Å². The Hall–Kier alpha value is -0.520. The zero-order valence-electron chi connectivity index (χ0n) is 13.5. The summed E-state index contributed by atoms with van der Waals surface area (Å²) >= 11 is 0. The number of fused-ring (bicyclic) bond motifs is 5. The van der Waals surface area contributed by atoms with Crippen molar-refractivity contribution in [3.8, 4) is 0 Å². The van der Waals surface area contributed by atoms with Gasteiger partial charge in [-0.2, -0.15) is 0 Å². The Balaban J connectivity index is 1.73. The van der Waals surface area contributed by atoms with Gasteiger partial charge in [0.25, 0.3) is 0 Å². The van der Waals surface area contributed by atoms with Gasteiger partial charge in [-0.05, 0) is 72.5 Å². The first kappa shape index (κ1) is 13.2. The fraction of sp³-hybridized carbons (Fsp3) is 0.800. The maximum absolute atomic E-state index is 2.60. The summed E-state index contributed by atoms with van der Waals surface area (Å²) in [6.45, 7) is 7.70. The average Bonchev–Trinajstić information content (AvgIpc) is 2.81. The molecule has 0 aliphatic heterocycles. The second-order valence-corrected chi connectivity index (χ2v) is 8.92. The SMILES string of the molecule is C[C@@]12CCC[C@H]1[C@@H]1CC[C@@]3(C)C=CC=C[C@@]3(C)[C@H]1CC2. The maximum Gasteiger partial charge on any atom is -0.00241 e. The Morgan fingerprint density at radius 2 is 1.60 bits per heavy atom. The van der Waals surface area contributed by atoms with Crippen LogP contribution in [0.1, 0.15) is 65.7 Å². The van der Waals surface area contributed by atoms with E-state index < -0.39 is 0 Å². The van der Waals surface area contributed by atoms with Crippen molar-refractivity contribution >= 4 is 0 Å². The largest absolute Gasteiger partial charge is 0.0777 e. The minimum Gasteiger partial charge on any atom is -0.0777 e. The fourth-order valence-electron chi connectivity index (χ4n) is 6.69. The third kappa shape index (κ3) is 1.49. The zero-order valence-corrected chi connectivity index (χ0v) is 13.5. The van der Waals surface area contributed by atoms with Crippen LogP contribution in [0.25, 0.3) is 0 Å². The lowest BCUT2D eigenvalue weighted by atomic mass is 9.43. The van der Waals surface area contributed by atoms with Gasteiger partial charge in [-0.25, -0.2) is 0 Å². The summed E-state index contributed by atoms with van der Waals surface area (Å²) < 4.78 is 0. The Bertz CT molecular complexity index is 472. The Kier molecular flexibility index (Phi) is 2.65. The number of hydrogen-bond acceptors (Lipinski definition) is 0. The van der Waals surface area contributed by atoms with E-state index in [0.717, 1.165) is 17.8 Å². The van der Waals surface area contributed by atoms with Gasteiger partial charge in [0.2, 0.25) is 0 Å². The van der Waals surface area contributed by atoms with Crippen LogP contribution in [0.4, 0.5) is 0 Å². The molecule has 0 bridgehead atoms. The highest BCUT2D eigenvalue weighted by Gasteiger charge is 2.59. The van der Waals surface area contributed by atoms with Crippen molar-refractivity contribution in [2.24, 2.45) is 34.0 Å². The molecule has 0 aromatic rings. The van der Waals surface area contributed by atoms with Crippen molar-refractivity contribution in [2.45, 2.75) is 65.7 Å². The minimum absolute atomic E-state index is 0.411. The van der Waals surface area contributed by atoms with Crippen LogP contribution in [0.3, 0.4) is 0 Å². The predicted molar refractivity (Wildman–Crippen MR) is 85.4 cm³/mol. The molecule has 20 heavy (non-hydrogen) atoms. The molecule has 3 saturated carbocycles. The van der Waals surface area contributed by atoms with Gasteiger partial charge >= 0.3 is 0 Å². The molecule has 6 atom stereocenters. The van der Waals surface area contributed by atoms with Crippen molar-refractivity contribution in [1.82, 2.24) is 0 Å². The molecule has 0 saturated heterocycles. The minimum atomic E-state index is 0.411. The lowest BCUT2D eigenvalue weighted by molar-refractivity contribution is -0.0853. The molecule has 0 nitrogen and oxygen atoms in total. The summed E-state index contributed by atoms with van der Waals surface area (Å²) in [5, 5.41) is 0. The van der Waals surface area contributed by atoms with Gasteiger partial charge in [0, 0.05) is 0 Å². The Morgan fingerprint density at radius 1 is 0.800 bits per heavy atom. The van der Waals surface area contributed by atoms with Gasteiger partial charge in [0.05, 0.1) is 0 Å². The summed E-state index contributed by atoms with van der Waals surface area (Å²) in [7, 11) is 0. The molecule has 110 valence electrons. The second-order valence-electron chi connectivity index (χ2n) is 8.92. The molecular formula is C20H30. The first-order valence-corrected chi connectivity index (χ1v) is 8.86. The lowest BCUT2D eigenvalue weighted by Crippen LogP contribution is -2.54. The van der Waals surface area contributed by atoms with Gasteiger partial charge in [0.1, 0.15) is 0 Å². The molecule has 0 aromatic heterocycles. The van der Waals surface area contributed by atoms with E-state index >= 15 is 0 Å². The summed E-state index contributed by atoms with van der Waals surface area (Å²) in [5.41, 5.74) is 1.52. The van der Waals surface area contributed by atoms with Crippen LogP contribution in [0.5, 0.6) is 0 Å². The normalized spacial score (nSPS) is 57.0. The molecule has 0 radical (unpaired) electrons. The molecule has 0 heterocycles. The van der Waals surface area contributed by atoms with E-state index in [-0.39, 0.29) is 0 Å². The van der Waals surface area contributed by atoms with Gasteiger partial charge in [0.15, 0.2) is 0 Å². The summed E-state index contributed by atoms with van der Waals surface area (Å²) in [4.78, 5) is 0. The van der Waals surface area contributed by atoms with Crippen LogP contribution in [0.15, 0.2) is 24.3 Å². The smallest absolute Gasteiger partial charge is 0.00241 e. The van der Waals surface area contributed by atoms with Crippen LogP contribution in [0, 0.1) is 34.0 Å². The summed E-state index contributed by atoms with van der Waals surface area (Å²) in [6.07, 6.45) is 20.1. The van der Waals surface area contributed by atoms with Gasteiger partial charge in [-0.1, -0.05) is 51.5 Å². The van der Waals surface area contributed by atoms with Crippen molar-refractivity contribution in [2.75, 3.05) is 0 Å². The standard InChI is InChI=1S/C20H30/c1-18-10-6-7-16(18)15-8-14-19(2)11-4-5-12-20(19,3)17(15)9-13-18/h4-5,11-12,15-17H,6-10,13-14H2,1-3H3/t15-,16-,17-,18-,19+,20-/m0/s1. The van der Waals surface area contributed by atoms with Crippen LogP contribution < -0.4 is 0 Å². The first-order valence-electron chi connectivity index (χ1n) is 8.86. The van der Waals surface area contributed by atoms with E-state index in [1.165, 1.54) is 44.9 Å². The maximum atomic E-state index is 2.60. The van der Waals surface area contributed by atoms with E-state index in [0.29, 0.717) is 16.2 Å². The number of allylic oxidation sites excluding steroid dienone is 4. The molecular weight excluding hydrogens is 240 g/mol. The van der Waals surface area contributed by atoms with Crippen molar-refractivity contribution < 1.29 is 0 Å². The van der Waals surface area contributed by atoms with Crippen molar-refractivity contribution in [1.29, 1.82) is 0 Å². The number of hydrogen-bond donors (Lipinski definition) is 0. The quantitative estimate of drug-likeness (QED) is 0.525. The van der Waals surface area contributed by atoms with Gasteiger partial charge in [-0.15, -0.1) is 0 Å². The van der Waals surface area contributed by atoms with Gasteiger partial charge in [-0.3, -0.25) is 0 Å². The molecule has 4 aliphatic carbocycles. The molecule has 0 heteroatoms. The fourth-order valence-corrected chi connectivity index (χ4v) is 6.69. The van der Waals surface area contributed by atoms with E-state index in [1.54, 1.807) is 0 Å². The molecule has 0 spiro atoms. The first-order chi connectivity index (χ1) is 9.49. The van der Waals surface area contributed by atoms with Crippen molar-refractivity contribution in [3.63, 3.8) is 0 Å². The summed E-state index contributed by atoms with van der Waals surface area (Å²) in [5.74, 6) is 2.96. The predicted octanol–water partition coefficient (Wildman–Crippen LogP) is 5.75. The molecule has 0 amide bonds. The number of rotatable bonds is 0. The lowest BCUT2D eigenvalue weighted by Gasteiger charge is -2.61. The highest BCUT2D eigenvalue weighted by atomic mass is 14.6. The van der Waals surface area contributed by atoms with Crippen LogP contribution >= 0.6 is 0 Å². The van der Waals surface area contributed by atoms with Crippen LogP contribution in [-0.2, 0) is 0 Å². The van der Waals surface area contributed by atoms with Crippen LogP contribution in [-0.4, -0.2) is 0 Å². The Labute approximate surface area is 124 Å². The molecule has 4 aliphatic rings. The van der Waals surface area contributed by atoms with E-state index in [4.69, 9.17) is 0 Å². The third-order valence-corrected chi connectivity index (χ3v) is 8.23. The molecule has 0 unspecified atom stereocenters. The summed E-state index contributed by atoms with van der Waals surface area (Å²) in [6, 6.07) is 0. The zero-order chi connectivity index (χ0) is 14.0. The monoisotopic (exact) mass is 270 g/mol. The average molecular weight is 270 g/mol. The van der Waals surface area contributed by atoms with Crippen LogP contribution in [0.2, 0.25) is 0 Å². The highest BCUT2D eigenvalue weighted by Crippen LogP contribution is 2.67. The van der Waals surface area contributed by atoms with E-state index in [1.807, 2.05) is 0 Å².